The molecule has 0 fully saturated rings. The molecule has 0 aliphatic rings. The summed E-state index contributed by atoms with van der Waals surface area (Å²) in [5, 5.41) is 2.57. The van der Waals surface area contributed by atoms with E-state index >= 15 is 0 Å². The van der Waals surface area contributed by atoms with Crippen molar-refractivity contribution in [2.75, 3.05) is 6.54 Å². The van der Waals surface area contributed by atoms with Gasteiger partial charge in [0.05, 0.1) is 0 Å². The van der Waals surface area contributed by atoms with Gasteiger partial charge in [-0.15, -0.1) is 0 Å². The third kappa shape index (κ3) is 7.14. The van der Waals surface area contributed by atoms with Gasteiger partial charge in [-0.25, -0.2) is 9.59 Å². The van der Waals surface area contributed by atoms with E-state index in [0.717, 1.165) is 6.42 Å². The van der Waals surface area contributed by atoms with Crippen LogP contribution in [0.1, 0.15) is 48.0 Å². The minimum atomic E-state index is -0.874. The highest BCUT2D eigenvalue weighted by molar-refractivity contribution is 5.79. The van der Waals surface area contributed by atoms with Crippen molar-refractivity contribution in [3.05, 3.63) is 0 Å². The molecule has 0 rings (SSSR count). The standard InChI is InChI=1S/C13H25NO4/c1-7-8-14-12(16)17-10(9(2)3)11(15)18-13(4,5)6/h9-10H,7-8H2,1-6H3,(H,14,16)/t10-/m0/s1. The maximum atomic E-state index is 11.9. The molecule has 0 aromatic carbocycles. The molecule has 18 heavy (non-hydrogen) atoms. The zero-order valence-corrected chi connectivity index (χ0v) is 12.2. The molecule has 0 aromatic heterocycles. The zero-order valence-electron chi connectivity index (χ0n) is 12.2. The van der Waals surface area contributed by atoms with Crippen molar-refractivity contribution in [3.8, 4) is 0 Å². The molecule has 0 aromatic rings. The largest absolute Gasteiger partial charge is 0.457 e. The highest BCUT2D eigenvalue weighted by atomic mass is 16.6. The van der Waals surface area contributed by atoms with Gasteiger partial charge in [-0.3, -0.25) is 0 Å². The van der Waals surface area contributed by atoms with Crippen LogP contribution in [0.25, 0.3) is 0 Å². The summed E-state index contributed by atoms with van der Waals surface area (Å²) in [5.41, 5.74) is -0.590. The van der Waals surface area contributed by atoms with Gasteiger partial charge in [-0.2, -0.15) is 0 Å². The third-order valence-corrected chi connectivity index (χ3v) is 2.00. The van der Waals surface area contributed by atoms with E-state index in [2.05, 4.69) is 5.32 Å². The monoisotopic (exact) mass is 259 g/mol. The number of carbonyl (C=O) groups is 2. The van der Waals surface area contributed by atoms with Crippen molar-refractivity contribution in [2.24, 2.45) is 5.92 Å². The molecule has 0 radical (unpaired) electrons. The third-order valence-electron chi connectivity index (χ3n) is 2.00. The predicted octanol–water partition coefficient (Wildman–Crippen LogP) is 2.49. The topological polar surface area (TPSA) is 64.6 Å². The minimum Gasteiger partial charge on any atom is -0.457 e. The lowest BCUT2D eigenvalue weighted by atomic mass is 10.1. The average Bonchev–Trinajstić information content (AvgIpc) is 2.19. The van der Waals surface area contributed by atoms with E-state index < -0.39 is 23.8 Å². The number of hydrogen-bond donors (Lipinski definition) is 1. The highest BCUT2D eigenvalue weighted by Gasteiger charge is 2.31. The molecule has 1 N–H and O–H groups in total. The van der Waals surface area contributed by atoms with Gasteiger partial charge < -0.3 is 14.8 Å². The number of nitrogens with one attached hydrogen (secondary N) is 1. The summed E-state index contributed by atoms with van der Waals surface area (Å²) in [5.74, 6) is -0.642. The van der Waals surface area contributed by atoms with Crippen LogP contribution < -0.4 is 5.32 Å². The lowest BCUT2D eigenvalue weighted by Crippen LogP contribution is -2.40. The van der Waals surface area contributed by atoms with Crippen molar-refractivity contribution in [1.82, 2.24) is 5.32 Å². The Hall–Kier alpha value is -1.26. The molecular weight excluding hydrogens is 234 g/mol. The molecule has 0 aliphatic heterocycles. The summed E-state index contributed by atoms with van der Waals surface area (Å²) in [7, 11) is 0. The van der Waals surface area contributed by atoms with Crippen LogP contribution in [0.5, 0.6) is 0 Å². The first-order valence-electron chi connectivity index (χ1n) is 6.34. The summed E-state index contributed by atoms with van der Waals surface area (Å²) in [6.45, 7) is 11.4. The first-order chi connectivity index (χ1) is 8.17. The molecule has 0 saturated heterocycles. The lowest BCUT2D eigenvalue weighted by molar-refractivity contribution is -0.167. The van der Waals surface area contributed by atoms with Gasteiger partial charge in [0.15, 0.2) is 0 Å². The molecule has 0 aliphatic carbocycles. The fraction of sp³-hybridized carbons (Fsp3) is 0.846. The minimum absolute atomic E-state index is 0.132. The number of hydrogen-bond acceptors (Lipinski definition) is 4. The maximum absolute atomic E-state index is 11.9. The van der Waals surface area contributed by atoms with Crippen LogP contribution >= 0.6 is 0 Å². The molecule has 1 atom stereocenters. The van der Waals surface area contributed by atoms with Gasteiger partial charge in [0.25, 0.3) is 0 Å². The van der Waals surface area contributed by atoms with E-state index in [1.807, 2.05) is 20.8 Å². The Morgan fingerprint density at radius 1 is 1.22 bits per heavy atom. The molecule has 0 saturated carbocycles. The fourth-order valence-electron chi connectivity index (χ4n) is 1.20. The van der Waals surface area contributed by atoms with Crippen molar-refractivity contribution in [3.63, 3.8) is 0 Å². The molecule has 0 unspecified atom stereocenters. The smallest absolute Gasteiger partial charge is 0.407 e. The van der Waals surface area contributed by atoms with Gasteiger partial charge in [0, 0.05) is 12.5 Å². The molecule has 1 amide bonds. The molecule has 5 nitrogen and oxygen atoms in total. The van der Waals surface area contributed by atoms with Crippen LogP contribution in [-0.2, 0) is 14.3 Å². The van der Waals surface area contributed by atoms with E-state index in [9.17, 15) is 9.59 Å². The normalized spacial score (nSPS) is 13.1. The number of rotatable bonds is 5. The van der Waals surface area contributed by atoms with Crippen LogP contribution in [0, 0.1) is 5.92 Å². The Bertz CT molecular complexity index is 281. The second kappa shape index (κ2) is 7.24. The van der Waals surface area contributed by atoms with E-state index in [-0.39, 0.29) is 5.92 Å². The highest BCUT2D eigenvalue weighted by Crippen LogP contribution is 2.15. The van der Waals surface area contributed by atoms with E-state index in [1.165, 1.54) is 0 Å². The van der Waals surface area contributed by atoms with E-state index in [4.69, 9.17) is 9.47 Å². The number of amides is 1. The van der Waals surface area contributed by atoms with Crippen molar-refractivity contribution in [1.29, 1.82) is 0 Å². The number of alkyl carbamates (subject to hydrolysis) is 1. The molecule has 5 heteroatoms. The van der Waals surface area contributed by atoms with Gasteiger partial charge in [-0.1, -0.05) is 20.8 Å². The average molecular weight is 259 g/mol. The van der Waals surface area contributed by atoms with Gasteiger partial charge >= 0.3 is 12.1 Å². The number of ether oxygens (including phenoxy) is 2. The fourth-order valence-corrected chi connectivity index (χ4v) is 1.20. The Morgan fingerprint density at radius 2 is 1.78 bits per heavy atom. The number of carbonyl (C=O) groups excluding carboxylic acids is 2. The first kappa shape index (κ1) is 16.7. The maximum Gasteiger partial charge on any atom is 0.407 e. The molecular formula is C13H25NO4. The molecule has 0 heterocycles. The molecule has 0 spiro atoms. The Kier molecular flexibility index (Phi) is 6.73. The van der Waals surface area contributed by atoms with Gasteiger partial charge in [-0.05, 0) is 27.2 Å². The second-order valence-corrected chi connectivity index (χ2v) is 5.53. The molecule has 106 valence electrons. The van der Waals surface area contributed by atoms with Crippen LogP contribution in [0.15, 0.2) is 0 Å². The Morgan fingerprint density at radius 3 is 2.17 bits per heavy atom. The van der Waals surface area contributed by atoms with Crippen LogP contribution in [0.3, 0.4) is 0 Å². The van der Waals surface area contributed by atoms with Crippen molar-refractivity contribution >= 4 is 12.1 Å². The Labute approximate surface area is 109 Å². The summed E-state index contributed by atoms with van der Waals surface area (Å²) in [6.07, 6.45) is -0.643. The van der Waals surface area contributed by atoms with E-state index in [1.54, 1.807) is 20.8 Å². The van der Waals surface area contributed by atoms with Crippen molar-refractivity contribution < 1.29 is 19.1 Å². The van der Waals surface area contributed by atoms with Gasteiger partial charge in [0.1, 0.15) is 5.60 Å². The molecule has 0 bridgehead atoms. The van der Waals surface area contributed by atoms with Crippen LogP contribution in [0.4, 0.5) is 4.79 Å². The zero-order chi connectivity index (χ0) is 14.3. The second-order valence-electron chi connectivity index (χ2n) is 5.53. The first-order valence-corrected chi connectivity index (χ1v) is 6.34. The quantitative estimate of drug-likeness (QED) is 0.770. The summed E-state index contributed by atoms with van der Waals surface area (Å²) >= 11 is 0. The SMILES string of the molecule is CCCNC(=O)O[C@H](C(=O)OC(C)(C)C)C(C)C. The number of esters is 1. The van der Waals surface area contributed by atoms with Crippen LogP contribution in [0.2, 0.25) is 0 Å². The van der Waals surface area contributed by atoms with Gasteiger partial charge in [0.2, 0.25) is 6.10 Å². The van der Waals surface area contributed by atoms with Crippen LogP contribution in [-0.4, -0.2) is 30.3 Å². The summed E-state index contributed by atoms with van der Waals surface area (Å²) in [6, 6.07) is 0. The summed E-state index contributed by atoms with van der Waals surface area (Å²) in [4.78, 5) is 23.3. The van der Waals surface area contributed by atoms with E-state index in [0.29, 0.717) is 6.54 Å². The van der Waals surface area contributed by atoms with Crippen molar-refractivity contribution in [2.45, 2.75) is 59.7 Å². The predicted molar refractivity (Wildman–Crippen MR) is 69.2 cm³/mol. The lowest BCUT2D eigenvalue weighted by Gasteiger charge is -2.25. The summed E-state index contributed by atoms with van der Waals surface area (Å²) < 4.78 is 10.3. The Balaban J connectivity index is 4.48.